The monoisotopic (exact) mass is 222 g/mol. The van der Waals surface area contributed by atoms with Crippen LogP contribution in [0.4, 0.5) is 0 Å². The van der Waals surface area contributed by atoms with Crippen molar-refractivity contribution in [2.45, 2.75) is 6.92 Å². The lowest BCUT2D eigenvalue weighted by Crippen LogP contribution is -1.91. The van der Waals surface area contributed by atoms with Crippen LogP contribution in [0.3, 0.4) is 0 Å². The Kier molecular flexibility index (Phi) is 2.97. The number of carbonyl (C=O) groups excluding carboxylic acids is 1. The van der Waals surface area contributed by atoms with E-state index in [1.807, 2.05) is 37.3 Å². The minimum Gasteiger partial charge on any atom is -0.298 e. The lowest BCUT2D eigenvalue weighted by atomic mass is 10.0. The molecule has 0 aliphatic heterocycles. The van der Waals surface area contributed by atoms with Crippen LogP contribution in [0.5, 0.6) is 0 Å². The fourth-order valence-electron chi connectivity index (χ4n) is 1.71. The maximum absolute atomic E-state index is 10.7. The highest BCUT2D eigenvalue weighted by atomic mass is 16.1. The molecule has 0 atom stereocenters. The first-order chi connectivity index (χ1) is 8.24. The number of hydrogen-bond acceptors (Lipinski definition) is 3. The summed E-state index contributed by atoms with van der Waals surface area (Å²) in [6.45, 7) is 1.85. The van der Waals surface area contributed by atoms with E-state index in [1.54, 1.807) is 12.1 Å². The van der Waals surface area contributed by atoms with Gasteiger partial charge >= 0.3 is 0 Å². The molecule has 0 radical (unpaired) electrons. The van der Waals surface area contributed by atoms with Crippen LogP contribution in [0.15, 0.2) is 36.4 Å². The molecule has 0 saturated heterocycles. The minimum atomic E-state index is 0.401. The molecule has 0 saturated carbocycles. The number of benzene rings is 1. The number of rotatable bonds is 2. The molecule has 1 aromatic carbocycles. The van der Waals surface area contributed by atoms with Gasteiger partial charge in [0, 0.05) is 16.8 Å². The minimum absolute atomic E-state index is 0.401. The van der Waals surface area contributed by atoms with Gasteiger partial charge in [-0.05, 0) is 30.7 Å². The Morgan fingerprint density at radius 2 is 2.12 bits per heavy atom. The van der Waals surface area contributed by atoms with Gasteiger partial charge in [-0.2, -0.15) is 5.26 Å². The van der Waals surface area contributed by atoms with Crippen LogP contribution in [0.25, 0.3) is 11.1 Å². The highest BCUT2D eigenvalue weighted by molar-refractivity contribution is 5.79. The largest absolute Gasteiger partial charge is 0.298 e. The van der Waals surface area contributed by atoms with Crippen molar-refractivity contribution in [1.82, 2.24) is 4.98 Å². The average molecular weight is 222 g/mol. The van der Waals surface area contributed by atoms with E-state index in [0.717, 1.165) is 23.1 Å². The van der Waals surface area contributed by atoms with Gasteiger partial charge < -0.3 is 0 Å². The Hall–Kier alpha value is -2.47. The maximum atomic E-state index is 10.7. The van der Waals surface area contributed by atoms with Gasteiger partial charge in [-0.1, -0.05) is 18.2 Å². The number of nitrogens with zero attached hydrogens (tertiary/aromatic N) is 2. The van der Waals surface area contributed by atoms with Crippen molar-refractivity contribution in [3.05, 3.63) is 53.3 Å². The molecule has 1 heterocycles. The molecule has 0 unspecified atom stereocenters. The fourth-order valence-corrected chi connectivity index (χ4v) is 1.71. The fraction of sp³-hybridized carbons (Fsp3) is 0.0714. The Balaban J connectivity index is 2.53. The summed E-state index contributed by atoms with van der Waals surface area (Å²) in [6, 6.07) is 12.8. The molecule has 0 fully saturated rings. The Morgan fingerprint density at radius 3 is 2.76 bits per heavy atom. The van der Waals surface area contributed by atoms with Crippen molar-refractivity contribution < 1.29 is 4.79 Å². The lowest BCUT2D eigenvalue weighted by Gasteiger charge is -2.05. The quantitative estimate of drug-likeness (QED) is 0.734. The Morgan fingerprint density at radius 1 is 1.29 bits per heavy atom. The van der Waals surface area contributed by atoms with E-state index in [4.69, 9.17) is 5.26 Å². The summed E-state index contributed by atoms with van der Waals surface area (Å²) in [7, 11) is 0. The van der Waals surface area contributed by atoms with Crippen molar-refractivity contribution in [2.24, 2.45) is 0 Å². The third kappa shape index (κ3) is 2.21. The van der Waals surface area contributed by atoms with Crippen molar-refractivity contribution in [2.75, 3.05) is 0 Å². The number of carbonyl (C=O) groups is 1. The van der Waals surface area contributed by atoms with Gasteiger partial charge in [0.25, 0.3) is 0 Å². The van der Waals surface area contributed by atoms with Crippen LogP contribution in [0.2, 0.25) is 0 Å². The SMILES string of the molecule is Cc1nc(C#N)ccc1-c1cccc(C=O)c1. The molecule has 1 aromatic heterocycles. The summed E-state index contributed by atoms with van der Waals surface area (Å²) in [5.74, 6) is 0. The van der Waals surface area contributed by atoms with Crippen molar-refractivity contribution in [3.8, 4) is 17.2 Å². The average Bonchev–Trinajstić information content (AvgIpc) is 2.38. The van der Waals surface area contributed by atoms with Gasteiger partial charge in [0.05, 0.1) is 0 Å². The molecule has 17 heavy (non-hydrogen) atoms. The zero-order chi connectivity index (χ0) is 12.3. The molecule has 82 valence electrons. The summed E-state index contributed by atoms with van der Waals surface area (Å²) in [5.41, 5.74) is 3.69. The molecule has 0 spiro atoms. The first-order valence-electron chi connectivity index (χ1n) is 5.18. The molecule has 2 aromatic rings. The molecule has 2 rings (SSSR count). The molecule has 0 bridgehead atoms. The van der Waals surface area contributed by atoms with E-state index in [1.165, 1.54) is 0 Å². The predicted octanol–water partition coefficient (Wildman–Crippen LogP) is 2.74. The summed E-state index contributed by atoms with van der Waals surface area (Å²) in [6.07, 6.45) is 0.815. The lowest BCUT2D eigenvalue weighted by molar-refractivity contribution is 0.112. The third-order valence-corrected chi connectivity index (χ3v) is 2.53. The molecule has 0 N–H and O–H groups in total. The summed E-state index contributed by atoms with van der Waals surface area (Å²) < 4.78 is 0. The van der Waals surface area contributed by atoms with E-state index < -0.39 is 0 Å². The molecule has 0 aliphatic carbocycles. The normalized spacial score (nSPS) is 9.65. The van der Waals surface area contributed by atoms with E-state index in [0.29, 0.717) is 11.3 Å². The van der Waals surface area contributed by atoms with Crippen LogP contribution in [0, 0.1) is 18.3 Å². The number of hydrogen-bond donors (Lipinski definition) is 0. The van der Waals surface area contributed by atoms with Gasteiger partial charge in [0.15, 0.2) is 0 Å². The number of aryl methyl sites for hydroxylation is 1. The number of pyridine rings is 1. The van der Waals surface area contributed by atoms with Crippen molar-refractivity contribution in [3.63, 3.8) is 0 Å². The van der Waals surface area contributed by atoms with Gasteiger partial charge in [0.1, 0.15) is 18.0 Å². The second-order valence-electron chi connectivity index (χ2n) is 3.68. The molecule has 3 heteroatoms. The summed E-state index contributed by atoms with van der Waals surface area (Å²) in [5, 5.41) is 8.75. The molecule has 0 aliphatic rings. The smallest absolute Gasteiger partial charge is 0.150 e. The van der Waals surface area contributed by atoms with Crippen LogP contribution in [0.1, 0.15) is 21.7 Å². The maximum Gasteiger partial charge on any atom is 0.150 e. The van der Waals surface area contributed by atoms with Gasteiger partial charge in [-0.3, -0.25) is 4.79 Å². The second kappa shape index (κ2) is 4.58. The van der Waals surface area contributed by atoms with E-state index >= 15 is 0 Å². The summed E-state index contributed by atoms with van der Waals surface area (Å²) in [4.78, 5) is 14.9. The van der Waals surface area contributed by atoms with Crippen LogP contribution >= 0.6 is 0 Å². The number of nitriles is 1. The van der Waals surface area contributed by atoms with Gasteiger partial charge in [0.2, 0.25) is 0 Å². The standard InChI is InChI=1S/C14H10N2O/c1-10-14(6-5-13(8-15)16-10)12-4-2-3-11(7-12)9-17/h2-7,9H,1H3. The first-order valence-corrected chi connectivity index (χ1v) is 5.18. The van der Waals surface area contributed by atoms with Gasteiger partial charge in [-0.15, -0.1) is 0 Å². The van der Waals surface area contributed by atoms with Gasteiger partial charge in [-0.25, -0.2) is 4.98 Å². The zero-order valence-electron chi connectivity index (χ0n) is 9.34. The first kappa shape index (κ1) is 11.0. The number of aldehydes is 1. The topological polar surface area (TPSA) is 53.8 Å². The van der Waals surface area contributed by atoms with E-state index in [9.17, 15) is 4.79 Å². The highest BCUT2D eigenvalue weighted by Crippen LogP contribution is 2.22. The zero-order valence-corrected chi connectivity index (χ0v) is 9.34. The van der Waals surface area contributed by atoms with Crippen molar-refractivity contribution >= 4 is 6.29 Å². The van der Waals surface area contributed by atoms with Crippen LogP contribution < -0.4 is 0 Å². The number of aromatic nitrogens is 1. The highest BCUT2D eigenvalue weighted by Gasteiger charge is 2.04. The van der Waals surface area contributed by atoms with Crippen LogP contribution in [-0.4, -0.2) is 11.3 Å². The molecular formula is C14H10N2O. The molecule has 0 amide bonds. The predicted molar refractivity (Wildman–Crippen MR) is 64.5 cm³/mol. The van der Waals surface area contributed by atoms with E-state index in [2.05, 4.69) is 4.98 Å². The van der Waals surface area contributed by atoms with E-state index in [-0.39, 0.29) is 0 Å². The van der Waals surface area contributed by atoms with Crippen LogP contribution in [-0.2, 0) is 0 Å². The Bertz CT molecular complexity index is 612. The van der Waals surface area contributed by atoms with Crippen molar-refractivity contribution in [1.29, 1.82) is 5.26 Å². The third-order valence-electron chi connectivity index (χ3n) is 2.53. The molecule has 3 nitrogen and oxygen atoms in total. The molecular weight excluding hydrogens is 212 g/mol. The second-order valence-corrected chi connectivity index (χ2v) is 3.68. The Labute approximate surface area is 99.4 Å². The summed E-state index contributed by atoms with van der Waals surface area (Å²) >= 11 is 0.